The fraction of sp³-hybridized carbons (Fsp3) is 0.286. The average Bonchev–Trinajstić information content (AvgIpc) is 3.44. The molecule has 156 valence electrons. The van der Waals surface area contributed by atoms with Crippen LogP contribution in [0.4, 0.5) is 19.2 Å². The standard InChI is InChI=1S/C21H19F3N4O2/c22-21(23,24)16-10-8-15(9-11-16)18(29)25-17(14-6-2-1-3-7-14)19-26-27-20(30-19)28-12-4-5-13-28/h1-3,6-11,17H,4-5,12-13H2,(H,25,29). The van der Waals surface area contributed by atoms with Crippen molar-refractivity contribution < 1.29 is 22.4 Å². The zero-order valence-corrected chi connectivity index (χ0v) is 15.9. The second kappa shape index (κ2) is 8.17. The molecule has 0 aliphatic carbocycles. The van der Waals surface area contributed by atoms with Gasteiger partial charge < -0.3 is 14.6 Å². The molecule has 1 N–H and O–H groups in total. The maximum absolute atomic E-state index is 12.8. The molecule has 2 heterocycles. The minimum Gasteiger partial charge on any atom is -0.405 e. The molecule has 1 aliphatic heterocycles. The van der Waals surface area contributed by atoms with E-state index in [4.69, 9.17) is 4.42 Å². The molecule has 4 rings (SSSR count). The maximum Gasteiger partial charge on any atom is 0.416 e. The Bertz CT molecular complexity index is 997. The van der Waals surface area contributed by atoms with Crippen molar-refractivity contribution in [3.8, 4) is 0 Å². The number of rotatable bonds is 5. The van der Waals surface area contributed by atoms with Crippen LogP contribution >= 0.6 is 0 Å². The predicted molar refractivity (Wildman–Crippen MR) is 103 cm³/mol. The third-order valence-electron chi connectivity index (χ3n) is 4.94. The summed E-state index contributed by atoms with van der Waals surface area (Å²) in [4.78, 5) is 14.7. The summed E-state index contributed by atoms with van der Waals surface area (Å²) >= 11 is 0. The third-order valence-corrected chi connectivity index (χ3v) is 4.94. The molecule has 1 atom stereocenters. The first-order chi connectivity index (χ1) is 14.4. The Balaban J connectivity index is 1.58. The Kier molecular flexibility index (Phi) is 5.43. The molecule has 6 nitrogen and oxygen atoms in total. The van der Waals surface area contributed by atoms with E-state index in [-0.39, 0.29) is 11.5 Å². The lowest BCUT2D eigenvalue weighted by Gasteiger charge is -2.16. The lowest BCUT2D eigenvalue weighted by molar-refractivity contribution is -0.137. The Morgan fingerprint density at radius 3 is 2.30 bits per heavy atom. The molecule has 1 fully saturated rings. The molecule has 0 bridgehead atoms. The number of alkyl halides is 3. The first kappa shape index (κ1) is 19.9. The molecule has 1 saturated heterocycles. The van der Waals surface area contributed by atoms with Crippen LogP contribution in [0, 0.1) is 0 Å². The van der Waals surface area contributed by atoms with E-state index in [1.54, 1.807) is 12.1 Å². The van der Waals surface area contributed by atoms with Crippen molar-refractivity contribution in [3.63, 3.8) is 0 Å². The summed E-state index contributed by atoms with van der Waals surface area (Å²) in [6, 6.07) is 12.8. The summed E-state index contributed by atoms with van der Waals surface area (Å²) < 4.78 is 44.1. The van der Waals surface area contributed by atoms with Gasteiger partial charge in [-0.3, -0.25) is 4.79 Å². The number of amides is 1. The summed E-state index contributed by atoms with van der Waals surface area (Å²) in [6.07, 6.45) is -2.37. The number of carbonyl (C=O) groups is 1. The largest absolute Gasteiger partial charge is 0.416 e. The molecule has 1 aliphatic rings. The van der Waals surface area contributed by atoms with Crippen LogP contribution in [0.15, 0.2) is 59.0 Å². The zero-order valence-electron chi connectivity index (χ0n) is 15.9. The van der Waals surface area contributed by atoms with Gasteiger partial charge in [0.25, 0.3) is 5.91 Å². The molecule has 9 heteroatoms. The van der Waals surface area contributed by atoms with Crippen LogP contribution in [0.2, 0.25) is 0 Å². The van der Waals surface area contributed by atoms with E-state index in [1.807, 2.05) is 23.1 Å². The van der Waals surface area contributed by atoms with Crippen molar-refractivity contribution in [1.82, 2.24) is 15.5 Å². The number of hydrogen-bond acceptors (Lipinski definition) is 5. The minimum absolute atomic E-state index is 0.100. The van der Waals surface area contributed by atoms with Gasteiger partial charge >= 0.3 is 12.2 Å². The molecule has 0 radical (unpaired) electrons. The van der Waals surface area contributed by atoms with Gasteiger partial charge in [-0.2, -0.15) is 13.2 Å². The van der Waals surface area contributed by atoms with E-state index in [9.17, 15) is 18.0 Å². The number of nitrogens with one attached hydrogen (secondary N) is 1. The van der Waals surface area contributed by atoms with Crippen molar-refractivity contribution in [3.05, 3.63) is 77.2 Å². The first-order valence-corrected chi connectivity index (χ1v) is 9.53. The van der Waals surface area contributed by atoms with Crippen LogP contribution in [-0.4, -0.2) is 29.2 Å². The maximum atomic E-state index is 12.8. The fourth-order valence-electron chi connectivity index (χ4n) is 3.34. The number of carbonyl (C=O) groups excluding carboxylic acids is 1. The highest BCUT2D eigenvalue weighted by atomic mass is 19.4. The van der Waals surface area contributed by atoms with Gasteiger partial charge in [0.2, 0.25) is 5.89 Å². The highest BCUT2D eigenvalue weighted by molar-refractivity contribution is 5.94. The fourth-order valence-corrected chi connectivity index (χ4v) is 3.34. The molecule has 0 saturated carbocycles. The number of nitrogens with zero attached hydrogens (tertiary/aromatic N) is 3. The van der Waals surface area contributed by atoms with Crippen LogP contribution in [0.1, 0.15) is 46.3 Å². The lowest BCUT2D eigenvalue weighted by Crippen LogP contribution is -2.29. The topological polar surface area (TPSA) is 71.3 Å². The Hall–Kier alpha value is -3.36. The van der Waals surface area contributed by atoms with E-state index in [1.165, 1.54) is 0 Å². The van der Waals surface area contributed by atoms with Crippen molar-refractivity contribution in [2.75, 3.05) is 18.0 Å². The van der Waals surface area contributed by atoms with E-state index in [0.29, 0.717) is 6.01 Å². The highest BCUT2D eigenvalue weighted by Gasteiger charge is 2.31. The van der Waals surface area contributed by atoms with Gasteiger partial charge in [-0.1, -0.05) is 35.4 Å². The lowest BCUT2D eigenvalue weighted by atomic mass is 10.1. The molecule has 1 amide bonds. The summed E-state index contributed by atoms with van der Waals surface area (Å²) in [5, 5.41) is 11.0. The normalized spacial score (nSPS) is 15.2. The van der Waals surface area contributed by atoms with E-state index in [0.717, 1.165) is 55.8 Å². The van der Waals surface area contributed by atoms with Gasteiger partial charge in [0.1, 0.15) is 6.04 Å². The molecular formula is C21H19F3N4O2. The Morgan fingerprint density at radius 1 is 1.00 bits per heavy atom. The Morgan fingerprint density at radius 2 is 1.67 bits per heavy atom. The molecule has 1 aromatic heterocycles. The Labute approximate surface area is 170 Å². The van der Waals surface area contributed by atoms with Gasteiger partial charge in [0.15, 0.2) is 0 Å². The van der Waals surface area contributed by atoms with Crippen molar-refractivity contribution in [2.24, 2.45) is 0 Å². The molecule has 3 aromatic rings. The molecule has 1 unspecified atom stereocenters. The summed E-state index contributed by atoms with van der Waals surface area (Å²) in [5.74, 6) is -0.332. The van der Waals surface area contributed by atoms with E-state index < -0.39 is 23.7 Å². The van der Waals surface area contributed by atoms with Gasteiger partial charge in [-0.15, -0.1) is 5.10 Å². The average molecular weight is 416 g/mol. The quantitative estimate of drug-likeness (QED) is 0.675. The molecule has 2 aromatic carbocycles. The number of hydrogen-bond donors (Lipinski definition) is 1. The monoisotopic (exact) mass is 416 g/mol. The van der Waals surface area contributed by atoms with E-state index in [2.05, 4.69) is 15.5 Å². The van der Waals surface area contributed by atoms with Crippen LogP contribution < -0.4 is 10.2 Å². The van der Waals surface area contributed by atoms with Crippen molar-refractivity contribution >= 4 is 11.9 Å². The van der Waals surface area contributed by atoms with Crippen molar-refractivity contribution in [2.45, 2.75) is 25.1 Å². The second-order valence-electron chi connectivity index (χ2n) is 7.01. The summed E-state index contributed by atoms with van der Waals surface area (Å²) in [5.41, 5.74) is 0.00316. The number of anilines is 1. The van der Waals surface area contributed by atoms with Gasteiger partial charge in [-0.05, 0) is 42.7 Å². The SMILES string of the molecule is O=C(NC(c1ccccc1)c1nnc(N2CCCC2)o1)c1ccc(C(F)(F)F)cc1. The zero-order chi connectivity index (χ0) is 21.1. The van der Waals surface area contributed by atoms with Crippen LogP contribution in [0.3, 0.4) is 0 Å². The van der Waals surface area contributed by atoms with Gasteiger partial charge in [0.05, 0.1) is 5.56 Å². The van der Waals surface area contributed by atoms with Gasteiger partial charge in [0, 0.05) is 18.7 Å². The number of benzene rings is 2. The van der Waals surface area contributed by atoms with Crippen LogP contribution in [0.5, 0.6) is 0 Å². The second-order valence-corrected chi connectivity index (χ2v) is 7.01. The highest BCUT2D eigenvalue weighted by Crippen LogP contribution is 2.29. The molecule has 0 spiro atoms. The number of aromatic nitrogens is 2. The molecular weight excluding hydrogens is 397 g/mol. The van der Waals surface area contributed by atoms with Crippen LogP contribution in [-0.2, 0) is 6.18 Å². The number of halogens is 3. The first-order valence-electron chi connectivity index (χ1n) is 9.53. The van der Waals surface area contributed by atoms with E-state index >= 15 is 0 Å². The summed E-state index contributed by atoms with van der Waals surface area (Å²) in [7, 11) is 0. The van der Waals surface area contributed by atoms with Gasteiger partial charge in [-0.25, -0.2) is 0 Å². The molecule has 30 heavy (non-hydrogen) atoms. The summed E-state index contributed by atoms with van der Waals surface area (Å²) in [6.45, 7) is 1.66. The van der Waals surface area contributed by atoms with Crippen LogP contribution in [0.25, 0.3) is 0 Å². The third kappa shape index (κ3) is 4.29. The van der Waals surface area contributed by atoms with Crippen molar-refractivity contribution in [1.29, 1.82) is 0 Å². The predicted octanol–water partition coefficient (Wildman–Crippen LogP) is 4.21. The minimum atomic E-state index is -4.46. The smallest absolute Gasteiger partial charge is 0.405 e.